The minimum atomic E-state index is -0.173. The molecule has 0 radical (unpaired) electrons. The van der Waals surface area contributed by atoms with Gasteiger partial charge >= 0.3 is 0 Å². The quantitative estimate of drug-likeness (QED) is 0.913. The van der Waals surface area contributed by atoms with E-state index >= 15 is 0 Å². The van der Waals surface area contributed by atoms with Crippen molar-refractivity contribution in [1.29, 1.82) is 0 Å². The zero-order valence-corrected chi connectivity index (χ0v) is 11.0. The number of hydrogen-bond acceptors (Lipinski definition) is 2. The van der Waals surface area contributed by atoms with Gasteiger partial charge in [-0.25, -0.2) is 4.39 Å². The fourth-order valence-corrected chi connectivity index (χ4v) is 2.97. The van der Waals surface area contributed by atoms with Gasteiger partial charge in [0.15, 0.2) is 0 Å². The van der Waals surface area contributed by atoms with Gasteiger partial charge < -0.3 is 5.32 Å². The SMILES string of the molecule is CNCc1cc(F)ccc1C1CCc2cccnc21. The summed E-state index contributed by atoms with van der Waals surface area (Å²) in [6.45, 7) is 0.686. The molecule has 1 aliphatic carbocycles. The van der Waals surface area contributed by atoms with E-state index in [2.05, 4.69) is 16.4 Å². The number of aromatic nitrogens is 1. The Kier molecular flexibility index (Phi) is 3.30. The number of halogens is 1. The number of nitrogens with zero attached hydrogens (tertiary/aromatic N) is 1. The van der Waals surface area contributed by atoms with Gasteiger partial charge in [0.2, 0.25) is 0 Å². The van der Waals surface area contributed by atoms with E-state index < -0.39 is 0 Å². The fraction of sp³-hybridized carbons (Fsp3) is 0.312. The van der Waals surface area contributed by atoms with Crippen molar-refractivity contribution < 1.29 is 4.39 Å². The summed E-state index contributed by atoms with van der Waals surface area (Å²) in [7, 11) is 1.88. The summed E-state index contributed by atoms with van der Waals surface area (Å²) in [6.07, 6.45) is 3.97. The molecule has 1 unspecified atom stereocenters. The van der Waals surface area contributed by atoms with Crippen LogP contribution in [0.15, 0.2) is 36.5 Å². The summed E-state index contributed by atoms with van der Waals surface area (Å²) in [5, 5.41) is 3.11. The van der Waals surface area contributed by atoms with Crippen molar-refractivity contribution in [3.63, 3.8) is 0 Å². The normalized spacial score (nSPS) is 17.5. The molecule has 1 aliphatic rings. The smallest absolute Gasteiger partial charge is 0.123 e. The monoisotopic (exact) mass is 256 g/mol. The molecule has 2 aromatic rings. The molecule has 0 saturated heterocycles. The van der Waals surface area contributed by atoms with Crippen LogP contribution in [0.1, 0.15) is 34.7 Å². The van der Waals surface area contributed by atoms with Crippen molar-refractivity contribution >= 4 is 0 Å². The maximum atomic E-state index is 13.4. The molecule has 98 valence electrons. The number of aryl methyl sites for hydroxylation is 1. The standard InChI is InChI=1S/C16H17FN2/c1-18-10-12-9-13(17)5-7-14(12)15-6-4-11-3-2-8-19-16(11)15/h2-3,5,7-9,15,18H,4,6,10H2,1H3. The third-order valence-electron chi connectivity index (χ3n) is 3.81. The average molecular weight is 256 g/mol. The van der Waals surface area contributed by atoms with Crippen molar-refractivity contribution in [2.24, 2.45) is 0 Å². The number of benzene rings is 1. The van der Waals surface area contributed by atoms with E-state index in [4.69, 9.17) is 0 Å². The molecule has 0 saturated carbocycles. The molecule has 0 fully saturated rings. The highest BCUT2D eigenvalue weighted by Gasteiger charge is 2.26. The van der Waals surface area contributed by atoms with E-state index in [-0.39, 0.29) is 5.82 Å². The molecule has 3 heteroatoms. The topological polar surface area (TPSA) is 24.9 Å². The molecular formula is C16H17FN2. The van der Waals surface area contributed by atoms with E-state index in [9.17, 15) is 4.39 Å². The predicted molar refractivity (Wildman–Crippen MR) is 73.6 cm³/mol. The third-order valence-corrected chi connectivity index (χ3v) is 3.81. The first kappa shape index (κ1) is 12.3. The lowest BCUT2D eigenvalue weighted by molar-refractivity contribution is 0.619. The predicted octanol–water partition coefficient (Wildman–Crippen LogP) is 3.02. The summed E-state index contributed by atoms with van der Waals surface area (Å²) >= 11 is 0. The summed E-state index contributed by atoms with van der Waals surface area (Å²) in [4.78, 5) is 4.53. The Morgan fingerprint density at radius 3 is 3.11 bits per heavy atom. The van der Waals surface area contributed by atoms with Gasteiger partial charge in [0.25, 0.3) is 0 Å². The number of rotatable bonds is 3. The van der Waals surface area contributed by atoms with E-state index in [0.29, 0.717) is 12.5 Å². The summed E-state index contributed by atoms with van der Waals surface area (Å²) in [5.74, 6) is 0.133. The number of nitrogens with one attached hydrogen (secondary N) is 1. The van der Waals surface area contributed by atoms with Crippen molar-refractivity contribution in [3.05, 3.63) is 64.7 Å². The van der Waals surface area contributed by atoms with Crippen LogP contribution >= 0.6 is 0 Å². The van der Waals surface area contributed by atoms with Crippen LogP contribution in [0.25, 0.3) is 0 Å². The highest BCUT2D eigenvalue weighted by atomic mass is 19.1. The average Bonchev–Trinajstić information content (AvgIpc) is 2.83. The lowest BCUT2D eigenvalue weighted by Crippen LogP contribution is -2.11. The summed E-state index contributed by atoms with van der Waals surface area (Å²) < 4.78 is 13.4. The minimum Gasteiger partial charge on any atom is -0.316 e. The van der Waals surface area contributed by atoms with Crippen molar-refractivity contribution in [2.45, 2.75) is 25.3 Å². The molecule has 1 N–H and O–H groups in total. The second-order valence-corrected chi connectivity index (χ2v) is 5.01. The Bertz CT molecular complexity index is 595. The molecular weight excluding hydrogens is 239 g/mol. The van der Waals surface area contributed by atoms with Crippen LogP contribution in [0.3, 0.4) is 0 Å². The van der Waals surface area contributed by atoms with Gasteiger partial charge in [-0.1, -0.05) is 12.1 Å². The second-order valence-electron chi connectivity index (χ2n) is 5.01. The van der Waals surface area contributed by atoms with Crippen LogP contribution in [0.5, 0.6) is 0 Å². The van der Waals surface area contributed by atoms with Gasteiger partial charge in [0.1, 0.15) is 5.82 Å². The van der Waals surface area contributed by atoms with E-state index in [1.165, 1.54) is 11.1 Å². The first-order valence-electron chi connectivity index (χ1n) is 6.66. The number of hydrogen-bond donors (Lipinski definition) is 1. The maximum Gasteiger partial charge on any atom is 0.123 e. The first-order valence-corrected chi connectivity index (χ1v) is 6.66. The van der Waals surface area contributed by atoms with Crippen molar-refractivity contribution in [3.8, 4) is 0 Å². The van der Waals surface area contributed by atoms with E-state index in [0.717, 1.165) is 24.1 Å². The maximum absolute atomic E-state index is 13.4. The Labute approximate surface area is 112 Å². The van der Waals surface area contributed by atoms with Gasteiger partial charge in [-0.15, -0.1) is 0 Å². The zero-order chi connectivity index (χ0) is 13.2. The Balaban J connectivity index is 2.04. The molecule has 1 aromatic heterocycles. The van der Waals surface area contributed by atoms with Crippen LogP contribution in [0.4, 0.5) is 4.39 Å². The van der Waals surface area contributed by atoms with E-state index in [1.54, 1.807) is 12.1 Å². The minimum absolute atomic E-state index is 0.173. The van der Waals surface area contributed by atoms with E-state index in [1.807, 2.05) is 25.4 Å². The molecule has 0 spiro atoms. The fourth-order valence-electron chi connectivity index (χ4n) is 2.97. The molecule has 1 heterocycles. The van der Waals surface area contributed by atoms with Crippen LogP contribution in [0.2, 0.25) is 0 Å². The Hall–Kier alpha value is -1.74. The van der Waals surface area contributed by atoms with Gasteiger partial charge in [0, 0.05) is 18.7 Å². The van der Waals surface area contributed by atoms with Gasteiger partial charge in [-0.2, -0.15) is 0 Å². The second kappa shape index (κ2) is 5.10. The Morgan fingerprint density at radius 1 is 1.37 bits per heavy atom. The van der Waals surface area contributed by atoms with Gasteiger partial charge in [0.05, 0.1) is 5.69 Å². The molecule has 19 heavy (non-hydrogen) atoms. The summed E-state index contributed by atoms with van der Waals surface area (Å²) in [6, 6.07) is 9.22. The molecule has 0 aliphatic heterocycles. The van der Waals surface area contributed by atoms with Crippen molar-refractivity contribution in [2.75, 3.05) is 7.05 Å². The highest BCUT2D eigenvalue weighted by Crippen LogP contribution is 2.38. The lowest BCUT2D eigenvalue weighted by atomic mass is 9.92. The molecule has 2 nitrogen and oxygen atoms in total. The molecule has 1 aromatic carbocycles. The third kappa shape index (κ3) is 2.26. The number of fused-ring (bicyclic) bond motifs is 1. The molecule has 1 atom stereocenters. The van der Waals surface area contributed by atoms with Gasteiger partial charge in [-0.3, -0.25) is 4.98 Å². The molecule has 3 rings (SSSR count). The van der Waals surface area contributed by atoms with Crippen LogP contribution in [-0.4, -0.2) is 12.0 Å². The first-order chi connectivity index (χ1) is 9.29. The lowest BCUT2D eigenvalue weighted by Gasteiger charge is -2.16. The highest BCUT2D eigenvalue weighted by molar-refractivity contribution is 5.41. The molecule has 0 amide bonds. The molecule has 0 bridgehead atoms. The van der Waals surface area contributed by atoms with Crippen LogP contribution in [0, 0.1) is 5.82 Å². The van der Waals surface area contributed by atoms with Crippen molar-refractivity contribution in [1.82, 2.24) is 10.3 Å². The van der Waals surface area contributed by atoms with Gasteiger partial charge in [-0.05, 0) is 54.8 Å². The zero-order valence-electron chi connectivity index (χ0n) is 11.0. The number of pyridine rings is 1. The Morgan fingerprint density at radius 2 is 2.26 bits per heavy atom. The van der Waals surface area contributed by atoms with Crippen LogP contribution < -0.4 is 5.32 Å². The summed E-state index contributed by atoms with van der Waals surface area (Å²) in [5.41, 5.74) is 4.72. The largest absolute Gasteiger partial charge is 0.316 e. The van der Waals surface area contributed by atoms with Crippen LogP contribution in [-0.2, 0) is 13.0 Å².